The molecule has 0 atom stereocenters. The first-order valence-electron chi connectivity index (χ1n) is 6.16. The van der Waals surface area contributed by atoms with Crippen LogP contribution in [0.4, 0.5) is 5.69 Å². The molecule has 1 aromatic carbocycles. The molecule has 0 saturated heterocycles. The normalized spacial score (nSPS) is 19.5. The summed E-state index contributed by atoms with van der Waals surface area (Å²) >= 11 is 0. The fourth-order valence-electron chi connectivity index (χ4n) is 2.70. The highest BCUT2D eigenvalue weighted by Crippen LogP contribution is 2.36. The van der Waals surface area contributed by atoms with Crippen molar-refractivity contribution in [2.75, 3.05) is 11.9 Å². The van der Waals surface area contributed by atoms with Crippen molar-refractivity contribution in [3.8, 4) is 0 Å². The van der Waals surface area contributed by atoms with E-state index in [2.05, 4.69) is 22.4 Å². The van der Waals surface area contributed by atoms with Crippen LogP contribution >= 0.6 is 0 Å². The highest BCUT2D eigenvalue weighted by Gasteiger charge is 2.23. The van der Waals surface area contributed by atoms with Crippen LogP contribution in [0.25, 0.3) is 11.0 Å². The molecule has 0 unspecified atom stereocenters. The summed E-state index contributed by atoms with van der Waals surface area (Å²) in [5.41, 5.74) is 5.04. The molecule has 2 heterocycles. The van der Waals surface area contributed by atoms with Crippen molar-refractivity contribution in [1.82, 2.24) is 9.97 Å². The quantitative estimate of drug-likeness (QED) is 0.764. The third-order valence-corrected chi connectivity index (χ3v) is 3.93. The van der Waals surface area contributed by atoms with Gasteiger partial charge in [0.25, 0.3) is 0 Å². The van der Waals surface area contributed by atoms with Crippen LogP contribution in [-0.4, -0.2) is 16.5 Å². The Labute approximate surface area is 94.3 Å². The summed E-state index contributed by atoms with van der Waals surface area (Å²) in [6.45, 7) is 1.07. The fraction of sp³-hybridized carbons (Fsp3) is 0.462. The van der Waals surface area contributed by atoms with Crippen molar-refractivity contribution in [3.05, 3.63) is 23.5 Å². The van der Waals surface area contributed by atoms with E-state index in [1.807, 2.05) is 0 Å². The minimum absolute atomic E-state index is 0.690. The monoisotopic (exact) mass is 213 g/mol. The highest BCUT2D eigenvalue weighted by molar-refractivity contribution is 5.82. The third kappa shape index (κ3) is 1.11. The molecular weight excluding hydrogens is 198 g/mol. The van der Waals surface area contributed by atoms with E-state index in [0.717, 1.165) is 18.5 Å². The number of H-pyrrole nitrogens is 1. The van der Waals surface area contributed by atoms with Crippen LogP contribution in [0.2, 0.25) is 0 Å². The Morgan fingerprint density at radius 2 is 2.19 bits per heavy atom. The Kier molecular flexibility index (Phi) is 1.62. The van der Waals surface area contributed by atoms with E-state index < -0.39 is 0 Å². The van der Waals surface area contributed by atoms with Crippen LogP contribution < -0.4 is 5.32 Å². The molecule has 2 aromatic rings. The maximum Gasteiger partial charge on any atom is 0.110 e. The summed E-state index contributed by atoms with van der Waals surface area (Å²) in [5, 5.41) is 3.40. The van der Waals surface area contributed by atoms with Gasteiger partial charge in [-0.05, 0) is 37.0 Å². The van der Waals surface area contributed by atoms with Gasteiger partial charge in [-0.25, -0.2) is 4.98 Å². The van der Waals surface area contributed by atoms with Gasteiger partial charge in [-0.3, -0.25) is 0 Å². The maximum atomic E-state index is 4.72. The number of hydrogen-bond acceptors (Lipinski definition) is 2. The lowest BCUT2D eigenvalue weighted by Crippen LogP contribution is -2.10. The number of aromatic nitrogens is 2. The van der Waals surface area contributed by atoms with Crippen molar-refractivity contribution in [1.29, 1.82) is 0 Å². The molecule has 0 amide bonds. The number of hydrogen-bond donors (Lipinski definition) is 2. The predicted octanol–water partition coefficient (Wildman–Crippen LogP) is 2.80. The molecule has 0 radical (unpaired) electrons. The zero-order chi connectivity index (χ0) is 10.5. The van der Waals surface area contributed by atoms with Crippen molar-refractivity contribution in [2.24, 2.45) is 0 Å². The van der Waals surface area contributed by atoms with Crippen LogP contribution in [0.3, 0.4) is 0 Å². The van der Waals surface area contributed by atoms with Gasteiger partial charge in [0, 0.05) is 18.2 Å². The molecule has 2 N–H and O–H groups in total. The molecule has 0 spiro atoms. The average molecular weight is 213 g/mol. The van der Waals surface area contributed by atoms with Gasteiger partial charge in [0.2, 0.25) is 0 Å². The molecule has 3 nitrogen and oxygen atoms in total. The molecule has 1 fully saturated rings. The summed E-state index contributed by atoms with van der Waals surface area (Å²) in [5.74, 6) is 1.89. The molecule has 82 valence electrons. The van der Waals surface area contributed by atoms with Crippen LogP contribution in [0.5, 0.6) is 0 Å². The number of aromatic amines is 1. The van der Waals surface area contributed by atoms with Gasteiger partial charge in [-0.2, -0.15) is 0 Å². The van der Waals surface area contributed by atoms with Crippen LogP contribution in [-0.2, 0) is 6.42 Å². The third-order valence-electron chi connectivity index (χ3n) is 3.93. The molecule has 16 heavy (non-hydrogen) atoms. The van der Waals surface area contributed by atoms with Crippen molar-refractivity contribution < 1.29 is 0 Å². The molecule has 2 aliphatic rings. The van der Waals surface area contributed by atoms with Gasteiger partial charge in [0.15, 0.2) is 0 Å². The van der Waals surface area contributed by atoms with E-state index in [9.17, 15) is 0 Å². The molecule has 0 bridgehead atoms. The van der Waals surface area contributed by atoms with Crippen LogP contribution in [0, 0.1) is 0 Å². The Balaban J connectivity index is 1.86. The van der Waals surface area contributed by atoms with Gasteiger partial charge in [0.05, 0.1) is 11.0 Å². The van der Waals surface area contributed by atoms with Crippen LogP contribution in [0.15, 0.2) is 12.1 Å². The summed E-state index contributed by atoms with van der Waals surface area (Å²) in [7, 11) is 0. The molecule has 4 rings (SSSR count). The molecular formula is C13H15N3. The van der Waals surface area contributed by atoms with E-state index in [4.69, 9.17) is 4.98 Å². The van der Waals surface area contributed by atoms with E-state index in [0.29, 0.717) is 5.92 Å². The van der Waals surface area contributed by atoms with E-state index in [1.54, 1.807) is 0 Å². The minimum Gasteiger partial charge on any atom is -0.384 e. The van der Waals surface area contributed by atoms with E-state index >= 15 is 0 Å². The summed E-state index contributed by atoms with van der Waals surface area (Å²) in [6.07, 6.45) is 5.11. The van der Waals surface area contributed by atoms with Gasteiger partial charge in [0.1, 0.15) is 5.82 Å². The number of nitrogens with one attached hydrogen (secondary N) is 2. The number of anilines is 1. The Hall–Kier alpha value is -1.51. The lowest BCUT2D eigenvalue weighted by molar-refractivity contribution is 0.405. The first kappa shape index (κ1) is 8.62. The Bertz CT molecular complexity index is 511. The number of fused-ring (bicyclic) bond motifs is 2. The standard InChI is InChI=1S/C13H15N3/c1-2-8(3-1)13-15-11-6-9-4-5-14-10(9)7-12(11)16-13/h6-8,14H,1-5H2,(H,15,16). The number of rotatable bonds is 1. The topological polar surface area (TPSA) is 40.7 Å². The molecule has 3 heteroatoms. The van der Waals surface area contributed by atoms with Gasteiger partial charge in [-0.1, -0.05) is 6.42 Å². The second-order valence-corrected chi connectivity index (χ2v) is 4.95. The number of imidazole rings is 1. The summed E-state index contributed by atoms with van der Waals surface area (Å²) in [4.78, 5) is 8.20. The second kappa shape index (κ2) is 3.00. The SMILES string of the molecule is c1c2c(cc3[nH]c(C4CCC4)nc13)CCN2. The van der Waals surface area contributed by atoms with Gasteiger partial charge >= 0.3 is 0 Å². The van der Waals surface area contributed by atoms with Gasteiger partial charge in [-0.15, -0.1) is 0 Å². The lowest BCUT2D eigenvalue weighted by atomic mass is 9.85. The smallest absolute Gasteiger partial charge is 0.110 e. The summed E-state index contributed by atoms with van der Waals surface area (Å²) in [6, 6.07) is 4.45. The van der Waals surface area contributed by atoms with E-state index in [1.165, 1.54) is 41.9 Å². The first-order chi connectivity index (χ1) is 7.90. The first-order valence-corrected chi connectivity index (χ1v) is 6.16. The minimum atomic E-state index is 0.690. The van der Waals surface area contributed by atoms with E-state index in [-0.39, 0.29) is 0 Å². The highest BCUT2D eigenvalue weighted by atomic mass is 14.9. The molecule has 1 aliphatic carbocycles. The molecule has 1 aliphatic heterocycles. The fourth-order valence-corrected chi connectivity index (χ4v) is 2.70. The largest absolute Gasteiger partial charge is 0.384 e. The zero-order valence-corrected chi connectivity index (χ0v) is 9.21. The zero-order valence-electron chi connectivity index (χ0n) is 9.21. The van der Waals surface area contributed by atoms with Crippen molar-refractivity contribution >= 4 is 16.7 Å². The molecule has 1 aromatic heterocycles. The molecule has 1 saturated carbocycles. The summed E-state index contributed by atoms with van der Waals surface area (Å²) < 4.78 is 0. The number of benzene rings is 1. The Morgan fingerprint density at radius 3 is 3.00 bits per heavy atom. The second-order valence-electron chi connectivity index (χ2n) is 4.95. The maximum absolute atomic E-state index is 4.72. The van der Waals surface area contributed by atoms with Crippen molar-refractivity contribution in [2.45, 2.75) is 31.6 Å². The Morgan fingerprint density at radius 1 is 1.25 bits per heavy atom. The van der Waals surface area contributed by atoms with Gasteiger partial charge < -0.3 is 10.3 Å². The average Bonchev–Trinajstić information content (AvgIpc) is 2.75. The predicted molar refractivity (Wildman–Crippen MR) is 64.9 cm³/mol. The lowest BCUT2D eigenvalue weighted by Gasteiger charge is -2.22. The van der Waals surface area contributed by atoms with Crippen molar-refractivity contribution in [3.63, 3.8) is 0 Å². The van der Waals surface area contributed by atoms with Crippen LogP contribution in [0.1, 0.15) is 36.6 Å². The number of nitrogens with zero attached hydrogens (tertiary/aromatic N) is 1.